The molecule has 96 valence electrons. The molecule has 0 spiro atoms. The van der Waals surface area contributed by atoms with E-state index in [4.69, 9.17) is 9.84 Å². The number of hydrogen-bond acceptors (Lipinski definition) is 3. The van der Waals surface area contributed by atoms with Crippen LogP contribution in [0.1, 0.15) is 18.4 Å². The van der Waals surface area contributed by atoms with Crippen LogP contribution < -0.4 is 5.32 Å². The molecule has 0 aliphatic carbocycles. The number of carbonyl (C=O) groups is 2. The van der Waals surface area contributed by atoms with E-state index in [1.807, 2.05) is 0 Å². The average molecular weight is 249 g/mol. The zero-order chi connectivity index (χ0) is 13.0. The molecule has 0 saturated carbocycles. The van der Waals surface area contributed by atoms with E-state index in [0.29, 0.717) is 17.9 Å². The molecular weight excluding hydrogens is 234 g/mol. The molecule has 0 bridgehead atoms. The van der Waals surface area contributed by atoms with Crippen molar-refractivity contribution < 1.29 is 19.4 Å². The lowest BCUT2D eigenvalue weighted by Gasteiger charge is -2.10. The third-order valence-electron chi connectivity index (χ3n) is 2.80. The molecule has 1 heterocycles. The van der Waals surface area contributed by atoms with Crippen molar-refractivity contribution in [3.8, 4) is 0 Å². The van der Waals surface area contributed by atoms with Crippen molar-refractivity contribution in [2.24, 2.45) is 0 Å². The molecule has 1 amide bonds. The molecule has 2 rings (SSSR count). The van der Waals surface area contributed by atoms with Gasteiger partial charge in [-0.2, -0.15) is 0 Å². The van der Waals surface area contributed by atoms with Crippen LogP contribution in [0.4, 0.5) is 5.69 Å². The molecule has 5 heteroatoms. The van der Waals surface area contributed by atoms with Crippen molar-refractivity contribution >= 4 is 17.6 Å². The minimum Gasteiger partial charge on any atom is -0.481 e. The number of carbonyl (C=O) groups excluding carboxylic acids is 1. The molecule has 1 aliphatic rings. The van der Waals surface area contributed by atoms with E-state index in [1.165, 1.54) is 0 Å². The van der Waals surface area contributed by atoms with Crippen molar-refractivity contribution in [1.29, 1.82) is 0 Å². The number of rotatable bonds is 4. The lowest BCUT2D eigenvalue weighted by atomic mass is 10.1. The van der Waals surface area contributed by atoms with E-state index >= 15 is 0 Å². The fourth-order valence-corrected chi connectivity index (χ4v) is 1.89. The summed E-state index contributed by atoms with van der Waals surface area (Å²) in [5.74, 6) is -1.01. The number of carboxylic acid groups (broad SMARTS) is 1. The van der Waals surface area contributed by atoms with Crippen LogP contribution in [-0.4, -0.2) is 29.7 Å². The molecule has 1 fully saturated rings. The Hall–Kier alpha value is -1.88. The van der Waals surface area contributed by atoms with E-state index in [1.54, 1.807) is 24.3 Å². The Morgan fingerprint density at radius 2 is 2.06 bits per heavy atom. The van der Waals surface area contributed by atoms with Gasteiger partial charge in [-0.05, 0) is 30.5 Å². The number of ether oxygens (including phenoxy) is 1. The Morgan fingerprint density at radius 1 is 1.33 bits per heavy atom. The first-order valence-electron chi connectivity index (χ1n) is 5.88. The largest absolute Gasteiger partial charge is 0.481 e. The topological polar surface area (TPSA) is 75.6 Å². The summed E-state index contributed by atoms with van der Waals surface area (Å²) >= 11 is 0. The Balaban J connectivity index is 1.93. The van der Waals surface area contributed by atoms with Crippen LogP contribution >= 0.6 is 0 Å². The van der Waals surface area contributed by atoms with Crippen LogP contribution in [0.5, 0.6) is 0 Å². The van der Waals surface area contributed by atoms with Gasteiger partial charge in [-0.15, -0.1) is 0 Å². The summed E-state index contributed by atoms with van der Waals surface area (Å²) in [5.41, 5.74) is 1.36. The predicted octanol–water partition coefficient (Wildman–Crippen LogP) is 1.43. The maximum Gasteiger partial charge on any atom is 0.307 e. The fourth-order valence-electron chi connectivity index (χ4n) is 1.89. The first-order chi connectivity index (χ1) is 8.65. The van der Waals surface area contributed by atoms with Gasteiger partial charge in [0.2, 0.25) is 0 Å². The maximum atomic E-state index is 11.7. The molecule has 0 aromatic heterocycles. The summed E-state index contributed by atoms with van der Waals surface area (Å²) in [6.45, 7) is 0.635. The highest BCUT2D eigenvalue weighted by molar-refractivity contribution is 5.94. The second-order valence-corrected chi connectivity index (χ2v) is 4.26. The number of nitrogens with one attached hydrogen (secondary N) is 1. The molecule has 1 aromatic carbocycles. The number of amides is 1. The second-order valence-electron chi connectivity index (χ2n) is 4.26. The van der Waals surface area contributed by atoms with Crippen LogP contribution in [0, 0.1) is 0 Å². The van der Waals surface area contributed by atoms with E-state index in [-0.39, 0.29) is 18.4 Å². The molecule has 0 unspecified atom stereocenters. The minimum absolute atomic E-state index is 0.0139. The first kappa shape index (κ1) is 12.6. The van der Waals surface area contributed by atoms with Crippen molar-refractivity contribution in [2.45, 2.75) is 25.4 Å². The SMILES string of the molecule is O=C(O)Cc1ccc(NC(=O)[C@@H]2CCCO2)cc1. The Labute approximate surface area is 105 Å². The highest BCUT2D eigenvalue weighted by atomic mass is 16.5. The van der Waals surface area contributed by atoms with Gasteiger partial charge >= 0.3 is 5.97 Å². The van der Waals surface area contributed by atoms with E-state index in [0.717, 1.165) is 12.8 Å². The zero-order valence-corrected chi connectivity index (χ0v) is 9.89. The second kappa shape index (κ2) is 5.64. The quantitative estimate of drug-likeness (QED) is 0.846. The van der Waals surface area contributed by atoms with Crippen molar-refractivity contribution in [2.75, 3.05) is 11.9 Å². The number of aliphatic carboxylic acids is 1. The van der Waals surface area contributed by atoms with Gasteiger partial charge in [-0.3, -0.25) is 9.59 Å². The smallest absolute Gasteiger partial charge is 0.307 e. The lowest BCUT2D eigenvalue weighted by Crippen LogP contribution is -2.26. The predicted molar refractivity (Wildman–Crippen MR) is 65.4 cm³/mol. The van der Waals surface area contributed by atoms with Gasteiger partial charge in [0.1, 0.15) is 6.10 Å². The molecule has 1 saturated heterocycles. The van der Waals surface area contributed by atoms with Gasteiger partial charge in [0.25, 0.3) is 5.91 Å². The van der Waals surface area contributed by atoms with Gasteiger partial charge in [0.15, 0.2) is 0 Å². The highest BCUT2D eigenvalue weighted by Gasteiger charge is 2.23. The standard InChI is InChI=1S/C13H15NO4/c15-12(16)8-9-3-5-10(6-4-9)14-13(17)11-2-1-7-18-11/h3-6,11H,1-2,7-8H2,(H,14,17)(H,15,16)/t11-/m0/s1. The summed E-state index contributed by atoms with van der Waals surface area (Å²) < 4.78 is 5.27. The Bertz CT molecular complexity index is 435. The Kier molecular flexibility index (Phi) is 3.94. The third kappa shape index (κ3) is 3.30. The molecule has 2 N–H and O–H groups in total. The molecule has 1 atom stereocenters. The van der Waals surface area contributed by atoms with Crippen LogP contribution in [-0.2, 0) is 20.7 Å². The van der Waals surface area contributed by atoms with E-state index in [9.17, 15) is 9.59 Å². The Morgan fingerprint density at radius 3 is 2.61 bits per heavy atom. The van der Waals surface area contributed by atoms with Crippen molar-refractivity contribution in [1.82, 2.24) is 0 Å². The van der Waals surface area contributed by atoms with Gasteiger partial charge in [0.05, 0.1) is 6.42 Å². The maximum absolute atomic E-state index is 11.7. The summed E-state index contributed by atoms with van der Waals surface area (Å²) in [6.07, 6.45) is 1.29. The highest BCUT2D eigenvalue weighted by Crippen LogP contribution is 2.15. The monoisotopic (exact) mass is 249 g/mol. The van der Waals surface area contributed by atoms with Gasteiger partial charge in [0, 0.05) is 12.3 Å². The van der Waals surface area contributed by atoms with Crippen molar-refractivity contribution in [3.05, 3.63) is 29.8 Å². The summed E-state index contributed by atoms with van der Waals surface area (Å²) in [7, 11) is 0. The number of benzene rings is 1. The van der Waals surface area contributed by atoms with E-state index < -0.39 is 5.97 Å². The zero-order valence-electron chi connectivity index (χ0n) is 9.89. The molecular formula is C13H15NO4. The molecule has 1 aliphatic heterocycles. The van der Waals surface area contributed by atoms with Crippen LogP contribution in [0.2, 0.25) is 0 Å². The normalized spacial score (nSPS) is 18.6. The summed E-state index contributed by atoms with van der Waals surface area (Å²) in [4.78, 5) is 22.3. The lowest BCUT2D eigenvalue weighted by molar-refractivity contribution is -0.136. The molecule has 0 radical (unpaired) electrons. The van der Waals surface area contributed by atoms with E-state index in [2.05, 4.69) is 5.32 Å². The summed E-state index contributed by atoms with van der Waals surface area (Å²) in [5, 5.41) is 11.4. The molecule has 1 aromatic rings. The number of anilines is 1. The van der Waals surface area contributed by atoms with Crippen molar-refractivity contribution in [3.63, 3.8) is 0 Å². The molecule has 5 nitrogen and oxygen atoms in total. The third-order valence-corrected chi connectivity index (χ3v) is 2.80. The van der Waals surface area contributed by atoms with Crippen LogP contribution in [0.25, 0.3) is 0 Å². The minimum atomic E-state index is -0.869. The summed E-state index contributed by atoms with van der Waals surface area (Å²) in [6, 6.07) is 6.79. The van der Waals surface area contributed by atoms with Crippen LogP contribution in [0.15, 0.2) is 24.3 Å². The van der Waals surface area contributed by atoms with Crippen LogP contribution in [0.3, 0.4) is 0 Å². The fraction of sp³-hybridized carbons (Fsp3) is 0.385. The molecule has 18 heavy (non-hydrogen) atoms. The number of hydrogen-bond donors (Lipinski definition) is 2. The average Bonchev–Trinajstić information content (AvgIpc) is 2.84. The van der Waals surface area contributed by atoms with Gasteiger partial charge in [-0.25, -0.2) is 0 Å². The first-order valence-corrected chi connectivity index (χ1v) is 5.88. The van der Waals surface area contributed by atoms with Gasteiger partial charge in [-0.1, -0.05) is 12.1 Å². The number of carboxylic acids is 1. The van der Waals surface area contributed by atoms with Gasteiger partial charge < -0.3 is 15.2 Å².